The average molecular weight is 431 g/mol. The van der Waals surface area contributed by atoms with Gasteiger partial charge in [0.25, 0.3) is 0 Å². The van der Waals surface area contributed by atoms with Gasteiger partial charge >= 0.3 is 0 Å². The van der Waals surface area contributed by atoms with E-state index in [2.05, 4.69) is 25.5 Å². The number of para-hydroxylation sites is 1. The smallest absolute Gasteiger partial charge is 0.247 e. The zero-order chi connectivity index (χ0) is 21.2. The zero-order valence-electron chi connectivity index (χ0n) is 16.6. The Kier molecular flexibility index (Phi) is 5.21. The molecule has 2 aromatic heterocycles. The van der Waals surface area contributed by atoms with E-state index in [4.69, 9.17) is 4.74 Å². The maximum Gasteiger partial charge on any atom is 0.247 e. The van der Waals surface area contributed by atoms with Gasteiger partial charge in [-0.25, -0.2) is 4.39 Å². The summed E-state index contributed by atoms with van der Waals surface area (Å²) >= 11 is 1.31. The summed E-state index contributed by atoms with van der Waals surface area (Å²) in [4.78, 5) is 9.19. The van der Waals surface area contributed by atoms with Crippen molar-refractivity contribution in [1.82, 2.24) is 20.2 Å². The molecule has 0 fully saturated rings. The number of thioether (sulfide) groups is 1. The van der Waals surface area contributed by atoms with Crippen LogP contribution in [0.15, 0.2) is 71.9 Å². The van der Waals surface area contributed by atoms with Crippen LogP contribution in [0.2, 0.25) is 0 Å². The first kappa shape index (κ1) is 19.4. The van der Waals surface area contributed by atoms with Crippen LogP contribution in [0, 0.1) is 12.7 Å². The van der Waals surface area contributed by atoms with Crippen LogP contribution < -0.4 is 10.1 Å². The molecule has 1 atom stereocenters. The Balaban J connectivity index is 1.50. The second-order valence-electron chi connectivity index (χ2n) is 7.02. The van der Waals surface area contributed by atoms with Gasteiger partial charge in [0, 0.05) is 22.7 Å². The first-order valence-corrected chi connectivity index (χ1v) is 10.7. The molecule has 0 amide bonds. The number of rotatable bonds is 4. The van der Waals surface area contributed by atoms with Crippen LogP contribution in [-0.4, -0.2) is 20.2 Å². The molecule has 0 saturated carbocycles. The second kappa shape index (κ2) is 8.31. The summed E-state index contributed by atoms with van der Waals surface area (Å²) in [6.07, 6.45) is -0.539. The molecule has 1 aliphatic heterocycles. The second-order valence-corrected chi connectivity index (χ2v) is 7.96. The predicted molar refractivity (Wildman–Crippen MR) is 117 cm³/mol. The zero-order valence-corrected chi connectivity index (χ0v) is 17.4. The number of benzene rings is 2. The van der Waals surface area contributed by atoms with E-state index in [0.29, 0.717) is 28.0 Å². The molecular weight excluding hydrogens is 413 g/mol. The standard InChI is InChI=1S/C23H18FN5OS/c1-14-7-6-12-19(25-14)21-26-18-11-5-3-9-16(18)20-22(30-21)27-23(29-28-20)31-13-15-8-2-4-10-17(15)24/h2-12,21,26H,13H2,1H3/t21-/m1/s1. The van der Waals surface area contributed by atoms with Gasteiger partial charge in [-0.2, -0.15) is 4.98 Å². The van der Waals surface area contributed by atoms with Crippen molar-refractivity contribution in [2.75, 3.05) is 5.32 Å². The molecule has 5 rings (SSSR count). The fourth-order valence-electron chi connectivity index (χ4n) is 3.31. The van der Waals surface area contributed by atoms with Crippen LogP contribution in [0.1, 0.15) is 23.2 Å². The number of fused-ring (bicyclic) bond motifs is 3. The molecule has 1 N–H and O–H groups in total. The van der Waals surface area contributed by atoms with E-state index in [1.807, 2.05) is 49.4 Å². The number of nitrogens with zero attached hydrogens (tertiary/aromatic N) is 4. The van der Waals surface area contributed by atoms with E-state index in [1.54, 1.807) is 18.2 Å². The fraction of sp³-hybridized carbons (Fsp3) is 0.130. The molecule has 0 spiro atoms. The van der Waals surface area contributed by atoms with Crippen LogP contribution in [0.25, 0.3) is 11.3 Å². The van der Waals surface area contributed by atoms with Crippen LogP contribution in [0.3, 0.4) is 0 Å². The third-order valence-electron chi connectivity index (χ3n) is 4.83. The van der Waals surface area contributed by atoms with Gasteiger partial charge in [0.2, 0.25) is 17.3 Å². The largest absolute Gasteiger partial charge is 0.446 e. The highest BCUT2D eigenvalue weighted by Gasteiger charge is 2.26. The summed E-state index contributed by atoms with van der Waals surface area (Å²) in [5.74, 6) is 0.500. The maximum atomic E-state index is 13.9. The molecule has 2 aromatic carbocycles. The number of pyridine rings is 1. The first-order valence-electron chi connectivity index (χ1n) is 9.74. The summed E-state index contributed by atoms with van der Waals surface area (Å²) in [6, 6.07) is 20.2. The first-order chi connectivity index (χ1) is 15.2. The monoisotopic (exact) mass is 431 g/mol. The van der Waals surface area contributed by atoms with Crippen LogP contribution in [0.5, 0.6) is 5.88 Å². The summed E-state index contributed by atoms with van der Waals surface area (Å²) in [5.41, 5.74) is 4.47. The number of hydrogen-bond acceptors (Lipinski definition) is 7. The molecule has 0 radical (unpaired) electrons. The quantitative estimate of drug-likeness (QED) is 0.447. The molecule has 8 heteroatoms. The molecule has 6 nitrogen and oxygen atoms in total. The van der Waals surface area contributed by atoms with Crippen molar-refractivity contribution in [3.8, 4) is 17.1 Å². The molecule has 3 heterocycles. The van der Waals surface area contributed by atoms with Gasteiger partial charge in [-0.3, -0.25) is 4.98 Å². The Hall–Kier alpha value is -3.52. The summed E-state index contributed by atoms with van der Waals surface area (Å²) < 4.78 is 20.2. The number of nitrogens with one attached hydrogen (secondary N) is 1. The maximum absolute atomic E-state index is 13.9. The van der Waals surface area contributed by atoms with Crippen molar-refractivity contribution in [3.05, 3.63) is 89.5 Å². The minimum atomic E-state index is -0.539. The lowest BCUT2D eigenvalue weighted by molar-refractivity contribution is 0.220. The highest BCUT2D eigenvalue weighted by atomic mass is 32.2. The van der Waals surface area contributed by atoms with Crippen molar-refractivity contribution in [2.24, 2.45) is 0 Å². The number of ether oxygens (including phenoxy) is 1. The Labute approximate surface area is 182 Å². The molecule has 4 aromatic rings. The van der Waals surface area contributed by atoms with Crippen LogP contribution >= 0.6 is 11.8 Å². The van der Waals surface area contributed by atoms with E-state index in [9.17, 15) is 4.39 Å². The van der Waals surface area contributed by atoms with Gasteiger partial charge in [-0.1, -0.05) is 54.2 Å². The molecule has 0 bridgehead atoms. The summed E-state index contributed by atoms with van der Waals surface area (Å²) in [5, 5.41) is 12.4. The Morgan fingerprint density at radius 1 is 0.968 bits per heavy atom. The van der Waals surface area contributed by atoms with Crippen molar-refractivity contribution in [1.29, 1.82) is 0 Å². The lowest BCUT2D eigenvalue weighted by atomic mass is 10.1. The van der Waals surface area contributed by atoms with Gasteiger partial charge in [-0.05, 0) is 36.8 Å². The molecule has 1 aliphatic rings. The van der Waals surface area contributed by atoms with Gasteiger partial charge in [0.05, 0.1) is 0 Å². The van der Waals surface area contributed by atoms with Crippen molar-refractivity contribution < 1.29 is 9.13 Å². The lowest BCUT2D eigenvalue weighted by Gasteiger charge is -2.18. The molecule has 0 saturated heterocycles. The van der Waals surface area contributed by atoms with E-state index in [1.165, 1.54) is 17.8 Å². The Morgan fingerprint density at radius 2 is 1.81 bits per heavy atom. The Bertz CT molecular complexity index is 1250. The van der Waals surface area contributed by atoms with Crippen molar-refractivity contribution >= 4 is 17.4 Å². The van der Waals surface area contributed by atoms with Gasteiger partial charge in [-0.15, -0.1) is 10.2 Å². The summed E-state index contributed by atoms with van der Waals surface area (Å²) in [7, 11) is 0. The van der Waals surface area contributed by atoms with E-state index < -0.39 is 6.23 Å². The highest BCUT2D eigenvalue weighted by molar-refractivity contribution is 7.98. The predicted octanol–water partition coefficient (Wildman–Crippen LogP) is 5.18. The minimum absolute atomic E-state index is 0.252. The topological polar surface area (TPSA) is 72.8 Å². The molecule has 31 heavy (non-hydrogen) atoms. The summed E-state index contributed by atoms with van der Waals surface area (Å²) in [6.45, 7) is 1.93. The van der Waals surface area contributed by atoms with E-state index in [0.717, 1.165) is 22.6 Å². The van der Waals surface area contributed by atoms with Crippen LogP contribution in [-0.2, 0) is 5.75 Å². The average Bonchev–Trinajstić information content (AvgIpc) is 2.95. The number of aromatic nitrogens is 4. The third kappa shape index (κ3) is 4.06. The van der Waals surface area contributed by atoms with Crippen molar-refractivity contribution in [3.63, 3.8) is 0 Å². The van der Waals surface area contributed by atoms with Gasteiger partial charge in [0.15, 0.2) is 5.69 Å². The Morgan fingerprint density at radius 3 is 2.68 bits per heavy atom. The van der Waals surface area contributed by atoms with Crippen molar-refractivity contribution in [2.45, 2.75) is 24.1 Å². The number of hydrogen-bond donors (Lipinski definition) is 1. The molecular formula is C23H18FN5OS. The minimum Gasteiger partial charge on any atom is -0.446 e. The lowest BCUT2D eigenvalue weighted by Crippen LogP contribution is -2.18. The van der Waals surface area contributed by atoms with Gasteiger partial charge in [0.1, 0.15) is 11.5 Å². The number of aryl methyl sites for hydroxylation is 1. The SMILES string of the molecule is Cc1cccc([C@@H]2Nc3ccccc3-c3nnc(SCc4ccccc4F)nc3O2)n1. The van der Waals surface area contributed by atoms with Crippen LogP contribution in [0.4, 0.5) is 10.1 Å². The van der Waals surface area contributed by atoms with E-state index >= 15 is 0 Å². The van der Waals surface area contributed by atoms with E-state index in [-0.39, 0.29) is 5.82 Å². The third-order valence-corrected chi connectivity index (χ3v) is 5.71. The van der Waals surface area contributed by atoms with Gasteiger partial charge < -0.3 is 10.1 Å². The molecule has 0 aliphatic carbocycles. The number of halogens is 1. The molecule has 0 unspecified atom stereocenters. The number of anilines is 1. The fourth-order valence-corrected chi connectivity index (χ4v) is 4.07. The highest BCUT2D eigenvalue weighted by Crippen LogP contribution is 2.39. The normalized spacial score (nSPS) is 14.6. The molecule has 154 valence electrons.